The Morgan fingerprint density at radius 1 is 0.266 bits per heavy atom. The molecule has 0 fully saturated rings. The van der Waals surface area contributed by atoms with Crippen molar-refractivity contribution in [3.63, 3.8) is 0 Å². The molecule has 0 aromatic rings. The lowest BCUT2D eigenvalue weighted by Gasteiger charge is -2.18. The van der Waals surface area contributed by atoms with Gasteiger partial charge < -0.3 is 14.2 Å². The molecule has 0 heterocycles. The molecule has 0 aliphatic carbocycles. The van der Waals surface area contributed by atoms with Crippen molar-refractivity contribution in [2.24, 2.45) is 0 Å². The quantitative estimate of drug-likeness (QED) is 0.0261. The average molecular weight is 1090 g/mol. The van der Waals surface area contributed by atoms with Crippen molar-refractivity contribution in [3.05, 3.63) is 170 Å². The van der Waals surface area contributed by atoms with Crippen LogP contribution in [0.2, 0.25) is 0 Å². The molecule has 0 spiro atoms. The number of unbranched alkanes of at least 4 members (excludes halogenated alkanes) is 16. The maximum Gasteiger partial charge on any atom is 0.306 e. The molecule has 0 saturated carbocycles. The highest BCUT2D eigenvalue weighted by atomic mass is 16.6. The van der Waals surface area contributed by atoms with Gasteiger partial charge in [0.25, 0.3) is 0 Å². The maximum absolute atomic E-state index is 12.9. The van der Waals surface area contributed by atoms with Gasteiger partial charge >= 0.3 is 17.9 Å². The normalized spacial score (nSPS) is 13.3. The van der Waals surface area contributed by atoms with Crippen LogP contribution in [0.15, 0.2) is 170 Å². The molecule has 0 aromatic heterocycles. The van der Waals surface area contributed by atoms with Crippen molar-refractivity contribution in [2.45, 2.75) is 258 Å². The lowest BCUT2D eigenvalue weighted by atomic mass is 10.1. The highest BCUT2D eigenvalue weighted by Crippen LogP contribution is 2.13. The molecular weight excluding hydrogens is 973 g/mol. The lowest BCUT2D eigenvalue weighted by molar-refractivity contribution is -0.167. The Balaban J connectivity index is 4.52. The SMILES string of the molecule is CC/C=C\C/C=C\C/C=C\C/C=C\C/C=C\C/C=C\C/C=C\C/C=C\CCCCC(=O)OCC(COC(=O)CCCCCCC/C=C\C/C=C\CCCCC)OC(=O)CCCCCCCC/C=C\C/C=C\C/C=C\C/C=C\CC. The van der Waals surface area contributed by atoms with Gasteiger partial charge in [0.15, 0.2) is 6.10 Å². The Hall–Kier alpha value is -5.23. The molecule has 1 atom stereocenters. The number of carbonyl (C=O) groups is 3. The summed E-state index contributed by atoms with van der Waals surface area (Å²) in [7, 11) is 0. The van der Waals surface area contributed by atoms with Crippen molar-refractivity contribution in [3.8, 4) is 0 Å². The molecule has 1 unspecified atom stereocenters. The number of rotatable bonds is 55. The molecule has 0 N–H and O–H groups in total. The van der Waals surface area contributed by atoms with Crippen molar-refractivity contribution in [1.82, 2.24) is 0 Å². The van der Waals surface area contributed by atoms with Crippen LogP contribution in [0.5, 0.6) is 0 Å². The zero-order chi connectivity index (χ0) is 57.1. The summed E-state index contributed by atoms with van der Waals surface area (Å²) in [5.74, 6) is -0.991. The second kappa shape index (κ2) is 65.3. The van der Waals surface area contributed by atoms with E-state index in [-0.39, 0.29) is 37.5 Å². The van der Waals surface area contributed by atoms with Gasteiger partial charge in [-0.1, -0.05) is 249 Å². The van der Waals surface area contributed by atoms with Crippen molar-refractivity contribution in [2.75, 3.05) is 13.2 Å². The van der Waals surface area contributed by atoms with E-state index >= 15 is 0 Å². The van der Waals surface area contributed by atoms with Gasteiger partial charge in [-0.05, 0) is 154 Å². The van der Waals surface area contributed by atoms with Gasteiger partial charge in [0.1, 0.15) is 13.2 Å². The van der Waals surface area contributed by atoms with Crippen LogP contribution in [0.3, 0.4) is 0 Å². The van der Waals surface area contributed by atoms with Crippen LogP contribution in [-0.4, -0.2) is 37.2 Å². The molecule has 0 aliphatic rings. The molecule has 0 saturated heterocycles. The minimum Gasteiger partial charge on any atom is -0.462 e. The second-order valence-electron chi connectivity index (χ2n) is 20.2. The third-order valence-electron chi connectivity index (χ3n) is 12.7. The summed E-state index contributed by atoms with van der Waals surface area (Å²) in [6.45, 7) is 6.32. The zero-order valence-electron chi connectivity index (χ0n) is 50.6. The van der Waals surface area contributed by atoms with Gasteiger partial charge in [0.2, 0.25) is 0 Å². The molecule has 0 aromatic carbocycles. The Labute approximate surface area is 485 Å². The molecule has 0 rings (SSSR count). The van der Waals surface area contributed by atoms with Crippen LogP contribution in [0.25, 0.3) is 0 Å². The second-order valence-corrected chi connectivity index (χ2v) is 20.2. The molecular formula is C73H114O6. The van der Waals surface area contributed by atoms with Crippen LogP contribution in [-0.2, 0) is 28.6 Å². The Kier molecular flexibility index (Phi) is 61.0. The first-order valence-electron chi connectivity index (χ1n) is 31.6. The van der Waals surface area contributed by atoms with Gasteiger partial charge in [0.05, 0.1) is 0 Å². The largest absolute Gasteiger partial charge is 0.462 e. The molecule has 442 valence electrons. The molecule has 79 heavy (non-hydrogen) atoms. The van der Waals surface area contributed by atoms with E-state index in [9.17, 15) is 14.4 Å². The molecule has 0 amide bonds. The van der Waals surface area contributed by atoms with Gasteiger partial charge in [-0.3, -0.25) is 14.4 Å². The monoisotopic (exact) mass is 1090 g/mol. The molecule has 6 nitrogen and oxygen atoms in total. The summed E-state index contributed by atoms with van der Waals surface area (Å²) in [5.41, 5.74) is 0. The maximum atomic E-state index is 12.9. The summed E-state index contributed by atoms with van der Waals surface area (Å²) < 4.78 is 16.9. The Morgan fingerprint density at radius 3 is 0.797 bits per heavy atom. The number of ether oxygens (including phenoxy) is 3. The van der Waals surface area contributed by atoms with E-state index in [1.165, 1.54) is 38.5 Å². The fourth-order valence-corrected chi connectivity index (χ4v) is 8.01. The van der Waals surface area contributed by atoms with Gasteiger partial charge in [0, 0.05) is 19.3 Å². The van der Waals surface area contributed by atoms with Gasteiger partial charge in [-0.2, -0.15) is 0 Å². The Bertz CT molecular complexity index is 1820. The highest BCUT2D eigenvalue weighted by Gasteiger charge is 2.19. The highest BCUT2D eigenvalue weighted by molar-refractivity contribution is 5.71. The van der Waals surface area contributed by atoms with Crippen LogP contribution in [0.4, 0.5) is 0 Å². The first kappa shape index (κ1) is 73.8. The number of allylic oxidation sites excluding steroid dienone is 28. The fourth-order valence-electron chi connectivity index (χ4n) is 8.01. The Morgan fingerprint density at radius 2 is 0.494 bits per heavy atom. The molecule has 0 aliphatic heterocycles. The van der Waals surface area contributed by atoms with E-state index in [1.807, 2.05) is 0 Å². The first-order valence-corrected chi connectivity index (χ1v) is 31.6. The van der Waals surface area contributed by atoms with E-state index in [1.54, 1.807) is 0 Å². The summed E-state index contributed by atoms with van der Waals surface area (Å²) in [6.07, 6.45) is 96.3. The van der Waals surface area contributed by atoms with Gasteiger partial charge in [-0.15, -0.1) is 0 Å². The lowest BCUT2D eigenvalue weighted by Crippen LogP contribution is -2.30. The third kappa shape index (κ3) is 63.5. The smallest absolute Gasteiger partial charge is 0.306 e. The van der Waals surface area contributed by atoms with Crippen LogP contribution >= 0.6 is 0 Å². The predicted molar refractivity (Wildman–Crippen MR) is 343 cm³/mol. The van der Waals surface area contributed by atoms with Gasteiger partial charge in [-0.25, -0.2) is 0 Å². The molecule has 0 bridgehead atoms. The van der Waals surface area contributed by atoms with E-state index in [4.69, 9.17) is 14.2 Å². The average Bonchev–Trinajstić information content (AvgIpc) is 3.45. The van der Waals surface area contributed by atoms with Crippen LogP contribution in [0, 0.1) is 0 Å². The number of hydrogen-bond donors (Lipinski definition) is 0. The fraction of sp³-hybridized carbons (Fsp3) is 0.575. The molecule has 6 heteroatoms. The minimum absolute atomic E-state index is 0.113. The van der Waals surface area contributed by atoms with Crippen LogP contribution in [0.1, 0.15) is 252 Å². The number of hydrogen-bond acceptors (Lipinski definition) is 6. The number of esters is 3. The summed E-state index contributed by atoms with van der Waals surface area (Å²) in [6, 6.07) is 0. The molecule has 0 radical (unpaired) electrons. The summed E-state index contributed by atoms with van der Waals surface area (Å²) in [5, 5.41) is 0. The summed E-state index contributed by atoms with van der Waals surface area (Å²) in [4.78, 5) is 38.3. The van der Waals surface area contributed by atoms with E-state index < -0.39 is 6.10 Å². The standard InChI is InChI=1S/C73H114O6/c1-4-7-10-13-16-19-22-25-28-30-32-33-34-35-36-37-38-39-41-42-45-48-51-54-57-60-63-66-72(75)78-69-70(68-77-71(74)65-62-59-56-53-50-47-44-27-24-21-18-15-12-9-6-3)79-73(76)67-64-61-58-55-52-49-46-43-40-31-29-26-23-20-17-14-11-8-5-2/h7-8,10-11,16-21,25-29,32-33,35-36,38-40,42-45,51,54,70H,4-6,9,12-15,22-24,30-31,34,37,41,46-50,52-53,55-69H2,1-3H3/b10-7-,11-8-,19-16-,20-17-,21-18-,28-25-,29-26-,33-32-,36-35-,39-38-,43-40-,44-27-,45-42-,54-51-. The van der Waals surface area contributed by atoms with Crippen molar-refractivity contribution < 1.29 is 28.6 Å². The predicted octanol–water partition coefficient (Wildman–Crippen LogP) is 21.9. The van der Waals surface area contributed by atoms with Crippen LogP contribution < -0.4 is 0 Å². The van der Waals surface area contributed by atoms with E-state index in [0.29, 0.717) is 19.3 Å². The van der Waals surface area contributed by atoms with Crippen molar-refractivity contribution >= 4 is 17.9 Å². The number of carbonyl (C=O) groups excluding carboxylic acids is 3. The van der Waals surface area contributed by atoms with E-state index in [0.717, 1.165) is 167 Å². The summed E-state index contributed by atoms with van der Waals surface area (Å²) >= 11 is 0. The van der Waals surface area contributed by atoms with E-state index in [2.05, 4.69) is 191 Å². The zero-order valence-corrected chi connectivity index (χ0v) is 50.6. The first-order chi connectivity index (χ1) is 39.0. The topological polar surface area (TPSA) is 78.9 Å². The minimum atomic E-state index is -0.821. The third-order valence-corrected chi connectivity index (χ3v) is 12.7. The van der Waals surface area contributed by atoms with Crippen molar-refractivity contribution in [1.29, 1.82) is 0 Å².